The topological polar surface area (TPSA) is 78.7 Å². The number of carbonyl (C=O) groups is 2. The quantitative estimate of drug-likeness (QED) is 0.904. The molecule has 1 aliphatic rings. The standard InChI is InChI=1S/C15H24N4O3/c1-18(2)15(21)19(10-12-6-4-3-5-7-12)11-14(20)16-13-8-9-22-17-13/h8-9,12H,3-7,10-11H2,1-2H3,(H,16,17,20). The van der Waals surface area contributed by atoms with Crippen LogP contribution in [0.1, 0.15) is 32.1 Å². The number of urea groups is 1. The number of aromatic nitrogens is 1. The molecule has 0 saturated heterocycles. The maximum atomic E-state index is 12.3. The lowest BCUT2D eigenvalue weighted by Crippen LogP contribution is -2.45. The molecule has 3 amide bonds. The van der Waals surface area contributed by atoms with Gasteiger partial charge in [-0.3, -0.25) is 4.79 Å². The Hall–Kier alpha value is -2.05. The molecule has 0 aliphatic heterocycles. The molecule has 7 nitrogen and oxygen atoms in total. The molecule has 0 radical (unpaired) electrons. The van der Waals surface area contributed by atoms with E-state index in [1.165, 1.54) is 30.4 Å². The molecule has 1 heterocycles. The van der Waals surface area contributed by atoms with E-state index in [1.54, 1.807) is 25.1 Å². The van der Waals surface area contributed by atoms with Gasteiger partial charge in [0.25, 0.3) is 0 Å². The highest BCUT2D eigenvalue weighted by atomic mass is 16.5. The van der Waals surface area contributed by atoms with Crippen LogP contribution in [0.25, 0.3) is 0 Å². The molecule has 0 aromatic carbocycles. The first-order valence-electron chi connectivity index (χ1n) is 7.72. The molecule has 1 N–H and O–H groups in total. The maximum absolute atomic E-state index is 12.3. The third-order valence-electron chi connectivity index (χ3n) is 3.90. The summed E-state index contributed by atoms with van der Waals surface area (Å²) in [6.45, 7) is 0.656. The van der Waals surface area contributed by atoms with Gasteiger partial charge in [-0.25, -0.2) is 4.79 Å². The summed E-state index contributed by atoms with van der Waals surface area (Å²) in [6, 6.07) is 1.43. The average Bonchev–Trinajstić information content (AvgIpc) is 2.99. The summed E-state index contributed by atoms with van der Waals surface area (Å²) in [7, 11) is 3.40. The van der Waals surface area contributed by atoms with E-state index in [9.17, 15) is 9.59 Å². The molecule has 7 heteroatoms. The van der Waals surface area contributed by atoms with Crippen LogP contribution in [0.15, 0.2) is 16.9 Å². The highest BCUT2D eigenvalue weighted by Crippen LogP contribution is 2.24. The number of hydrogen-bond donors (Lipinski definition) is 1. The van der Waals surface area contributed by atoms with Crippen molar-refractivity contribution in [3.05, 3.63) is 12.3 Å². The lowest BCUT2D eigenvalue weighted by molar-refractivity contribution is -0.117. The number of nitrogens with one attached hydrogen (secondary N) is 1. The highest BCUT2D eigenvalue weighted by molar-refractivity contribution is 5.93. The fraction of sp³-hybridized carbons (Fsp3) is 0.667. The summed E-state index contributed by atoms with van der Waals surface area (Å²) in [6.07, 6.45) is 7.33. The molecule has 22 heavy (non-hydrogen) atoms. The van der Waals surface area contributed by atoms with Crippen LogP contribution in [0.2, 0.25) is 0 Å². The van der Waals surface area contributed by atoms with Gasteiger partial charge in [0.2, 0.25) is 5.91 Å². The van der Waals surface area contributed by atoms with Gasteiger partial charge in [0.1, 0.15) is 12.8 Å². The van der Waals surface area contributed by atoms with Gasteiger partial charge in [-0.15, -0.1) is 0 Å². The van der Waals surface area contributed by atoms with Crippen LogP contribution >= 0.6 is 0 Å². The molecule has 122 valence electrons. The molecule has 0 atom stereocenters. The lowest BCUT2D eigenvalue weighted by atomic mass is 9.89. The van der Waals surface area contributed by atoms with Crippen molar-refractivity contribution in [2.75, 3.05) is 32.5 Å². The average molecular weight is 308 g/mol. The lowest BCUT2D eigenvalue weighted by Gasteiger charge is -2.31. The summed E-state index contributed by atoms with van der Waals surface area (Å²) in [5.41, 5.74) is 0. The van der Waals surface area contributed by atoms with Gasteiger partial charge in [-0.2, -0.15) is 0 Å². The maximum Gasteiger partial charge on any atom is 0.319 e. The van der Waals surface area contributed by atoms with E-state index in [-0.39, 0.29) is 18.5 Å². The van der Waals surface area contributed by atoms with Crippen LogP contribution in [0.4, 0.5) is 10.6 Å². The minimum absolute atomic E-state index is 0.0281. The van der Waals surface area contributed by atoms with E-state index < -0.39 is 0 Å². The smallest absolute Gasteiger partial charge is 0.319 e. The van der Waals surface area contributed by atoms with Crippen molar-refractivity contribution in [2.45, 2.75) is 32.1 Å². The van der Waals surface area contributed by atoms with Crippen LogP contribution in [0.3, 0.4) is 0 Å². The van der Waals surface area contributed by atoms with E-state index in [4.69, 9.17) is 0 Å². The normalized spacial score (nSPS) is 15.4. The van der Waals surface area contributed by atoms with E-state index in [1.807, 2.05) is 0 Å². The number of amides is 3. The van der Waals surface area contributed by atoms with Crippen molar-refractivity contribution in [3.63, 3.8) is 0 Å². The zero-order chi connectivity index (χ0) is 15.9. The number of nitrogens with zero attached hydrogens (tertiary/aromatic N) is 3. The van der Waals surface area contributed by atoms with Crippen LogP contribution in [0.5, 0.6) is 0 Å². The molecular formula is C15H24N4O3. The Kier molecular flexibility index (Phi) is 5.80. The Bertz CT molecular complexity index is 481. The molecular weight excluding hydrogens is 284 g/mol. The third-order valence-corrected chi connectivity index (χ3v) is 3.90. The summed E-state index contributed by atoms with van der Waals surface area (Å²) >= 11 is 0. The number of anilines is 1. The summed E-state index contributed by atoms with van der Waals surface area (Å²) in [5, 5.41) is 6.27. The third kappa shape index (κ3) is 4.75. The predicted octanol–water partition coefficient (Wildman–Crippen LogP) is 2.18. The highest BCUT2D eigenvalue weighted by Gasteiger charge is 2.24. The van der Waals surface area contributed by atoms with Crippen molar-refractivity contribution in [1.82, 2.24) is 15.0 Å². The SMILES string of the molecule is CN(C)C(=O)N(CC(=O)Nc1ccon1)CC1CCCCC1. The van der Waals surface area contributed by atoms with Gasteiger partial charge < -0.3 is 19.6 Å². The first-order valence-corrected chi connectivity index (χ1v) is 7.72. The summed E-state index contributed by atoms with van der Waals surface area (Å²) in [4.78, 5) is 27.5. The zero-order valence-corrected chi connectivity index (χ0v) is 13.2. The second-order valence-corrected chi connectivity index (χ2v) is 5.99. The van der Waals surface area contributed by atoms with Crippen molar-refractivity contribution < 1.29 is 14.1 Å². The largest absolute Gasteiger partial charge is 0.363 e. The van der Waals surface area contributed by atoms with Crippen LogP contribution < -0.4 is 5.32 Å². The Morgan fingerprint density at radius 3 is 2.64 bits per heavy atom. The van der Waals surface area contributed by atoms with Gasteiger partial charge in [0.15, 0.2) is 5.82 Å². The van der Waals surface area contributed by atoms with E-state index >= 15 is 0 Å². The molecule has 1 aromatic rings. The first-order chi connectivity index (χ1) is 10.6. The molecule has 0 bridgehead atoms. The van der Waals surface area contributed by atoms with Gasteiger partial charge in [0, 0.05) is 26.7 Å². The Labute approximate surface area is 130 Å². The minimum atomic E-state index is -0.264. The Balaban J connectivity index is 1.94. The van der Waals surface area contributed by atoms with Crippen LogP contribution in [-0.4, -0.2) is 54.1 Å². The summed E-state index contributed by atoms with van der Waals surface area (Å²) < 4.78 is 4.67. The van der Waals surface area contributed by atoms with Crippen molar-refractivity contribution in [3.8, 4) is 0 Å². The van der Waals surface area contributed by atoms with Crippen LogP contribution in [-0.2, 0) is 4.79 Å². The van der Waals surface area contributed by atoms with Crippen molar-refractivity contribution >= 4 is 17.8 Å². The molecule has 1 aliphatic carbocycles. The number of carbonyl (C=O) groups excluding carboxylic acids is 2. The first kappa shape index (κ1) is 16.3. The Morgan fingerprint density at radius 2 is 2.05 bits per heavy atom. The second-order valence-electron chi connectivity index (χ2n) is 5.99. The van der Waals surface area contributed by atoms with Gasteiger partial charge in [-0.1, -0.05) is 24.4 Å². The molecule has 1 saturated carbocycles. The van der Waals surface area contributed by atoms with E-state index in [2.05, 4.69) is 15.0 Å². The van der Waals surface area contributed by atoms with Gasteiger partial charge in [0.05, 0.1) is 0 Å². The van der Waals surface area contributed by atoms with Crippen molar-refractivity contribution in [1.29, 1.82) is 0 Å². The molecule has 2 rings (SSSR count). The number of rotatable bonds is 5. The zero-order valence-electron chi connectivity index (χ0n) is 13.2. The Morgan fingerprint density at radius 1 is 1.32 bits per heavy atom. The van der Waals surface area contributed by atoms with Crippen LogP contribution in [0, 0.1) is 5.92 Å². The van der Waals surface area contributed by atoms with Gasteiger partial charge >= 0.3 is 6.03 Å². The predicted molar refractivity (Wildman–Crippen MR) is 82.4 cm³/mol. The molecule has 1 fully saturated rings. The second kappa shape index (κ2) is 7.82. The van der Waals surface area contributed by atoms with Crippen molar-refractivity contribution in [2.24, 2.45) is 5.92 Å². The molecule has 1 aromatic heterocycles. The van der Waals surface area contributed by atoms with Gasteiger partial charge in [-0.05, 0) is 18.8 Å². The number of hydrogen-bond acceptors (Lipinski definition) is 4. The van der Waals surface area contributed by atoms with E-state index in [0.717, 1.165) is 12.8 Å². The fourth-order valence-corrected chi connectivity index (χ4v) is 2.81. The molecule has 0 spiro atoms. The van der Waals surface area contributed by atoms with E-state index in [0.29, 0.717) is 18.3 Å². The molecule has 0 unspecified atom stereocenters. The monoisotopic (exact) mass is 308 g/mol. The minimum Gasteiger partial charge on any atom is -0.363 e. The fourth-order valence-electron chi connectivity index (χ4n) is 2.81. The summed E-state index contributed by atoms with van der Waals surface area (Å²) in [5.74, 6) is 0.581.